The molecule has 1 N–H and O–H groups in total. The Kier molecular flexibility index (Phi) is 3.74. The molecule has 0 fully saturated rings. The molecule has 0 aliphatic heterocycles. The molecular formula is C11H14N2O3. The Labute approximate surface area is 93.4 Å². The van der Waals surface area contributed by atoms with E-state index >= 15 is 0 Å². The highest BCUT2D eigenvalue weighted by molar-refractivity contribution is 5.43. The highest BCUT2D eigenvalue weighted by Gasteiger charge is 2.08. The van der Waals surface area contributed by atoms with Gasteiger partial charge in [0.05, 0.1) is 18.6 Å². The largest absolute Gasteiger partial charge is 0.459 e. The maximum Gasteiger partial charge on any atom is 0.263 e. The number of furan rings is 1. The summed E-state index contributed by atoms with van der Waals surface area (Å²) in [7, 11) is 1.67. The van der Waals surface area contributed by atoms with E-state index in [9.17, 15) is 0 Å². The number of hydrogen-bond donors (Lipinski definition) is 1. The zero-order valence-corrected chi connectivity index (χ0v) is 9.10. The normalized spacial score (nSPS) is 10.8. The van der Waals surface area contributed by atoms with Crippen molar-refractivity contribution in [2.24, 2.45) is 0 Å². The number of ether oxygens (including phenoxy) is 1. The van der Waals surface area contributed by atoms with Crippen molar-refractivity contribution in [1.82, 2.24) is 10.3 Å². The quantitative estimate of drug-likeness (QED) is 0.753. The molecule has 0 atom stereocenters. The van der Waals surface area contributed by atoms with Crippen LogP contribution in [0.25, 0.3) is 11.7 Å². The maximum atomic E-state index is 5.29. The molecule has 0 radical (unpaired) electrons. The first-order valence-corrected chi connectivity index (χ1v) is 5.08. The Morgan fingerprint density at radius 1 is 1.44 bits per heavy atom. The van der Waals surface area contributed by atoms with Gasteiger partial charge in [0.1, 0.15) is 6.26 Å². The van der Waals surface area contributed by atoms with Crippen LogP contribution < -0.4 is 5.32 Å². The van der Waals surface area contributed by atoms with Crippen molar-refractivity contribution < 1.29 is 13.6 Å². The van der Waals surface area contributed by atoms with Crippen LogP contribution in [0.5, 0.6) is 0 Å². The molecule has 0 aromatic carbocycles. The van der Waals surface area contributed by atoms with Gasteiger partial charge in [-0.1, -0.05) is 0 Å². The van der Waals surface area contributed by atoms with Gasteiger partial charge in [-0.05, 0) is 12.1 Å². The second-order valence-corrected chi connectivity index (χ2v) is 3.29. The van der Waals surface area contributed by atoms with E-state index in [1.165, 1.54) is 0 Å². The van der Waals surface area contributed by atoms with Gasteiger partial charge in [-0.15, -0.1) is 0 Å². The van der Waals surface area contributed by atoms with E-state index in [4.69, 9.17) is 13.6 Å². The first-order chi connectivity index (χ1) is 7.90. The molecule has 16 heavy (non-hydrogen) atoms. The van der Waals surface area contributed by atoms with Crippen molar-refractivity contribution >= 4 is 0 Å². The zero-order chi connectivity index (χ0) is 11.2. The van der Waals surface area contributed by atoms with Gasteiger partial charge in [0, 0.05) is 20.2 Å². The Hall–Kier alpha value is -1.59. The molecule has 0 unspecified atom stereocenters. The third kappa shape index (κ3) is 2.71. The topological polar surface area (TPSA) is 60.4 Å². The number of nitrogens with one attached hydrogen (secondary N) is 1. The summed E-state index contributed by atoms with van der Waals surface area (Å²) >= 11 is 0. The second kappa shape index (κ2) is 5.48. The maximum absolute atomic E-state index is 5.29. The van der Waals surface area contributed by atoms with Gasteiger partial charge >= 0.3 is 0 Å². The Morgan fingerprint density at radius 2 is 2.38 bits per heavy atom. The predicted octanol–water partition coefficient (Wildman–Crippen LogP) is 1.67. The van der Waals surface area contributed by atoms with Crippen LogP contribution in [0.15, 0.2) is 33.5 Å². The third-order valence-electron chi connectivity index (χ3n) is 2.07. The van der Waals surface area contributed by atoms with E-state index in [0.29, 0.717) is 24.8 Å². The molecule has 2 aromatic heterocycles. The number of oxazole rings is 1. The molecule has 0 aliphatic rings. The van der Waals surface area contributed by atoms with E-state index in [0.717, 1.165) is 12.2 Å². The number of rotatable bonds is 6. The van der Waals surface area contributed by atoms with Crippen LogP contribution in [-0.2, 0) is 11.3 Å². The minimum absolute atomic E-state index is 0.508. The van der Waals surface area contributed by atoms with E-state index in [1.54, 1.807) is 25.7 Å². The fourth-order valence-corrected chi connectivity index (χ4v) is 1.29. The average Bonchev–Trinajstić information content (AvgIpc) is 2.94. The number of methoxy groups -OCH3 is 1. The molecule has 86 valence electrons. The van der Waals surface area contributed by atoms with Crippen molar-refractivity contribution in [3.8, 4) is 11.7 Å². The van der Waals surface area contributed by atoms with Gasteiger partial charge < -0.3 is 18.9 Å². The lowest BCUT2D eigenvalue weighted by Gasteiger charge is -1.99. The monoisotopic (exact) mass is 222 g/mol. The molecular weight excluding hydrogens is 208 g/mol. The minimum Gasteiger partial charge on any atom is -0.459 e. The summed E-state index contributed by atoms with van der Waals surface area (Å²) in [5.74, 6) is 1.15. The molecule has 5 heteroatoms. The van der Waals surface area contributed by atoms with Crippen LogP contribution in [0, 0.1) is 0 Å². The van der Waals surface area contributed by atoms with Crippen LogP contribution in [0.1, 0.15) is 5.69 Å². The third-order valence-corrected chi connectivity index (χ3v) is 2.07. The molecule has 0 spiro atoms. The molecule has 0 aliphatic carbocycles. The number of hydrogen-bond acceptors (Lipinski definition) is 5. The SMILES string of the molecule is COCCNCc1coc(-c2ccco2)n1. The van der Waals surface area contributed by atoms with Crippen molar-refractivity contribution in [3.05, 3.63) is 30.4 Å². The van der Waals surface area contributed by atoms with Crippen LogP contribution >= 0.6 is 0 Å². The second-order valence-electron chi connectivity index (χ2n) is 3.29. The van der Waals surface area contributed by atoms with Gasteiger partial charge in [0.2, 0.25) is 0 Å². The molecule has 0 bridgehead atoms. The molecule has 0 amide bonds. The van der Waals surface area contributed by atoms with Crippen molar-refractivity contribution in [2.45, 2.75) is 6.54 Å². The number of nitrogens with zero attached hydrogens (tertiary/aromatic N) is 1. The minimum atomic E-state index is 0.508. The van der Waals surface area contributed by atoms with Crippen LogP contribution in [0.2, 0.25) is 0 Å². The smallest absolute Gasteiger partial charge is 0.263 e. The summed E-state index contributed by atoms with van der Waals surface area (Å²) in [5.41, 5.74) is 0.850. The number of aromatic nitrogens is 1. The summed E-state index contributed by atoms with van der Waals surface area (Å²) in [6, 6.07) is 3.62. The Bertz CT molecular complexity index is 409. The highest BCUT2D eigenvalue weighted by Crippen LogP contribution is 2.18. The van der Waals surface area contributed by atoms with Gasteiger partial charge in [-0.25, -0.2) is 4.98 Å². The lowest BCUT2D eigenvalue weighted by molar-refractivity contribution is 0.199. The first-order valence-electron chi connectivity index (χ1n) is 5.08. The van der Waals surface area contributed by atoms with Crippen molar-refractivity contribution in [2.75, 3.05) is 20.3 Å². The molecule has 5 nitrogen and oxygen atoms in total. The van der Waals surface area contributed by atoms with E-state index < -0.39 is 0 Å². The Balaban J connectivity index is 1.88. The average molecular weight is 222 g/mol. The molecule has 2 aromatic rings. The fourth-order valence-electron chi connectivity index (χ4n) is 1.29. The van der Waals surface area contributed by atoms with Crippen molar-refractivity contribution in [1.29, 1.82) is 0 Å². The summed E-state index contributed by atoms with van der Waals surface area (Å²) in [6.07, 6.45) is 3.22. The highest BCUT2D eigenvalue weighted by atomic mass is 16.5. The van der Waals surface area contributed by atoms with Gasteiger partial charge in [0.25, 0.3) is 5.89 Å². The first kappa shape index (κ1) is 10.9. The Morgan fingerprint density at radius 3 is 3.12 bits per heavy atom. The van der Waals surface area contributed by atoms with E-state index in [1.807, 2.05) is 6.07 Å². The predicted molar refractivity (Wildman–Crippen MR) is 57.8 cm³/mol. The summed E-state index contributed by atoms with van der Waals surface area (Å²) in [5, 5.41) is 3.18. The molecule has 0 saturated heterocycles. The van der Waals surface area contributed by atoms with Crippen molar-refractivity contribution in [3.63, 3.8) is 0 Å². The van der Waals surface area contributed by atoms with E-state index in [-0.39, 0.29) is 0 Å². The summed E-state index contributed by atoms with van der Waals surface area (Å²) in [4.78, 5) is 4.29. The lowest BCUT2D eigenvalue weighted by Crippen LogP contribution is -2.18. The van der Waals surface area contributed by atoms with Crippen LogP contribution in [0.4, 0.5) is 0 Å². The van der Waals surface area contributed by atoms with Gasteiger partial charge in [-0.2, -0.15) is 0 Å². The molecule has 2 heterocycles. The molecule has 2 rings (SSSR count). The summed E-state index contributed by atoms with van der Waals surface area (Å²) < 4.78 is 15.4. The zero-order valence-electron chi connectivity index (χ0n) is 9.10. The summed E-state index contributed by atoms with van der Waals surface area (Å²) in [6.45, 7) is 2.13. The molecule has 0 saturated carbocycles. The van der Waals surface area contributed by atoms with E-state index in [2.05, 4.69) is 10.3 Å². The van der Waals surface area contributed by atoms with Crippen LogP contribution in [-0.4, -0.2) is 25.2 Å². The fraction of sp³-hybridized carbons (Fsp3) is 0.364. The van der Waals surface area contributed by atoms with Gasteiger partial charge in [0.15, 0.2) is 5.76 Å². The van der Waals surface area contributed by atoms with Crippen LogP contribution in [0.3, 0.4) is 0 Å². The lowest BCUT2D eigenvalue weighted by atomic mass is 10.4. The van der Waals surface area contributed by atoms with Gasteiger partial charge in [-0.3, -0.25) is 0 Å². The standard InChI is InChI=1S/C11H14N2O3/c1-14-6-4-12-7-9-8-16-11(13-9)10-3-2-5-15-10/h2-3,5,8,12H,4,6-7H2,1H3.